The molecule has 6 nitrogen and oxygen atoms in total. The van der Waals surface area contributed by atoms with Gasteiger partial charge in [0, 0.05) is 38.7 Å². The predicted octanol–water partition coefficient (Wildman–Crippen LogP) is 1.84. The Hall–Kier alpha value is -1.85. The second kappa shape index (κ2) is 7.81. The molecule has 1 saturated heterocycles. The van der Waals surface area contributed by atoms with E-state index < -0.39 is 0 Å². The lowest BCUT2D eigenvalue weighted by molar-refractivity contribution is -0.123. The molecule has 1 atom stereocenters. The summed E-state index contributed by atoms with van der Waals surface area (Å²) in [6.45, 7) is 1.75. The first-order valence-corrected chi connectivity index (χ1v) is 9.19. The molecule has 0 aromatic carbocycles. The number of carbonyl (C=O) groups excluding carboxylic acids is 1. The minimum atomic E-state index is -0.0929. The van der Waals surface area contributed by atoms with E-state index in [1.54, 1.807) is 19.3 Å². The molecule has 1 amide bonds. The summed E-state index contributed by atoms with van der Waals surface area (Å²) in [6.07, 6.45) is 10.5. The molecule has 2 aliphatic rings. The molecule has 6 heteroatoms. The lowest BCUT2D eigenvalue weighted by atomic mass is 9.92. The molecule has 1 aliphatic heterocycles. The standard InChI is InChI=1S/C18H28N4O2/c1-21-18(24)11-16(12-19-21)22-9-5-6-14(13-22)10-17(23)20-15-7-3-2-4-8-15/h11-12,14-15H,2-10,13H2,1H3,(H,20,23). The van der Waals surface area contributed by atoms with Crippen LogP contribution in [0.2, 0.25) is 0 Å². The second-order valence-corrected chi connectivity index (χ2v) is 7.24. The van der Waals surface area contributed by atoms with Crippen LogP contribution in [-0.4, -0.2) is 34.8 Å². The Morgan fingerprint density at radius 2 is 2.04 bits per heavy atom. The summed E-state index contributed by atoms with van der Waals surface area (Å²) < 4.78 is 1.34. The van der Waals surface area contributed by atoms with E-state index in [2.05, 4.69) is 15.3 Å². The molecule has 2 heterocycles. The number of hydrogen-bond acceptors (Lipinski definition) is 4. The Labute approximate surface area is 143 Å². The van der Waals surface area contributed by atoms with Gasteiger partial charge in [-0.25, -0.2) is 4.68 Å². The maximum absolute atomic E-state index is 12.3. The third kappa shape index (κ3) is 4.36. The van der Waals surface area contributed by atoms with Crippen molar-refractivity contribution in [1.29, 1.82) is 0 Å². The number of nitrogens with one attached hydrogen (secondary N) is 1. The van der Waals surface area contributed by atoms with E-state index in [0.29, 0.717) is 18.4 Å². The van der Waals surface area contributed by atoms with Crippen molar-refractivity contribution in [3.05, 3.63) is 22.6 Å². The maximum atomic E-state index is 12.3. The van der Waals surface area contributed by atoms with E-state index in [1.807, 2.05) is 0 Å². The molecule has 1 aliphatic carbocycles. The van der Waals surface area contributed by atoms with Gasteiger partial charge in [-0.2, -0.15) is 5.10 Å². The summed E-state index contributed by atoms with van der Waals surface area (Å²) in [6, 6.07) is 2.02. The Balaban J connectivity index is 1.54. The minimum Gasteiger partial charge on any atom is -0.370 e. The fourth-order valence-electron chi connectivity index (χ4n) is 3.89. The van der Waals surface area contributed by atoms with Crippen LogP contribution in [0.25, 0.3) is 0 Å². The molecule has 2 fully saturated rings. The summed E-state index contributed by atoms with van der Waals surface area (Å²) >= 11 is 0. The molecule has 1 N–H and O–H groups in total. The van der Waals surface area contributed by atoms with Crippen molar-refractivity contribution in [3.8, 4) is 0 Å². The molecule has 0 spiro atoms. The van der Waals surface area contributed by atoms with Crippen molar-refractivity contribution >= 4 is 11.6 Å². The van der Waals surface area contributed by atoms with E-state index in [4.69, 9.17) is 0 Å². The highest BCUT2D eigenvalue weighted by Gasteiger charge is 2.24. The number of amides is 1. The highest BCUT2D eigenvalue weighted by molar-refractivity contribution is 5.76. The van der Waals surface area contributed by atoms with Gasteiger partial charge in [0.1, 0.15) is 0 Å². The van der Waals surface area contributed by atoms with Gasteiger partial charge in [-0.15, -0.1) is 0 Å². The molecule has 1 aromatic heterocycles. The molecule has 1 aromatic rings. The maximum Gasteiger partial charge on any atom is 0.268 e. The van der Waals surface area contributed by atoms with Crippen molar-refractivity contribution in [2.45, 2.75) is 57.4 Å². The number of hydrogen-bond donors (Lipinski definition) is 1. The van der Waals surface area contributed by atoms with Crippen LogP contribution >= 0.6 is 0 Å². The topological polar surface area (TPSA) is 67.2 Å². The lowest BCUT2D eigenvalue weighted by Gasteiger charge is -2.34. The van der Waals surface area contributed by atoms with Gasteiger partial charge in [0.2, 0.25) is 5.91 Å². The second-order valence-electron chi connectivity index (χ2n) is 7.24. The number of aromatic nitrogens is 2. The third-order valence-corrected chi connectivity index (χ3v) is 5.28. The number of nitrogens with zero attached hydrogens (tertiary/aromatic N) is 3. The number of anilines is 1. The summed E-state index contributed by atoms with van der Waals surface area (Å²) in [4.78, 5) is 26.3. The quantitative estimate of drug-likeness (QED) is 0.913. The van der Waals surface area contributed by atoms with Gasteiger partial charge < -0.3 is 10.2 Å². The molecule has 24 heavy (non-hydrogen) atoms. The van der Waals surface area contributed by atoms with Crippen LogP contribution in [0.5, 0.6) is 0 Å². The Bertz CT molecular complexity index is 622. The number of carbonyl (C=O) groups is 1. The normalized spacial score (nSPS) is 22.4. The average molecular weight is 332 g/mol. The summed E-state index contributed by atoms with van der Waals surface area (Å²) in [7, 11) is 1.65. The van der Waals surface area contributed by atoms with Crippen LogP contribution in [-0.2, 0) is 11.8 Å². The lowest BCUT2D eigenvalue weighted by Crippen LogP contribution is -2.41. The Kier molecular flexibility index (Phi) is 5.53. The first-order chi connectivity index (χ1) is 11.6. The van der Waals surface area contributed by atoms with Crippen LogP contribution in [0.4, 0.5) is 5.69 Å². The van der Waals surface area contributed by atoms with Gasteiger partial charge in [0.15, 0.2) is 0 Å². The van der Waals surface area contributed by atoms with Gasteiger partial charge in [-0.05, 0) is 31.6 Å². The number of rotatable bonds is 4. The smallest absolute Gasteiger partial charge is 0.268 e. The van der Waals surface area contributed by atoms with Gasteiger partial charge in [-0.3, -0.25) is 9.59 Å². The van der Waals surface area contributed by atoms with E-state index in [9.17, 15) is 9.59 Å². The van der Waals surface area contributed by atoms with E-state index in [0.717, 1.165) is 44.5 Å². The van der Waals surface area contributed by atoms with Gasteiger partial charge >= 0.3 is 0 Å². The zero-order chi connectivity index (χ0) is 16.9. The van der Waals surface area contributed by atoms with Crippen molar-refractivity contribution in [3.63, 3.8) is 0 Å². The Morgan fingerprint density at radius 1 is 1.25 bits per heavy atom. The first kappa shape index (κ1) is 17.0. The van der Waals surface area contributed by atoms with Gasteiger partial charge in [0.05, 0.1) is 11.9 Å². The fraction of sp³-hybridized carbons (Fsp3) is 0.722. The molecular weight excluding hydrogens is 304 g/mol. The van der Waals surface area contributed by atoms with Crippen LogP contribution in [0.15, 0.2) is 17.1 Å². The molecule has 0 radical (unpaired) electrons. The van der Waals surface area contributed by atoms with Crippen molar-refractivity contribution < 1.29 is 4.79 Å². The first-order valence-electron chi connectivity index (χ1n) is 9.19. The van der Waals surface area contributed by atoms with E-state index in [1.165, 1.54) is 23.9 Å². The summed E-state index contributed by atoms with van der Waals surface area (Å²) in [5.74, 6) is 0.544. The largest absolute Gasteiger partial charge is 0.370 e. The highest BCUT2D eigenvalue weighted by atomic mass is 16.1. The predicted molar refractivity (Wildman–Crippen MR) is 94.0 cm³/mol. The SMILES string of the molecule is Cn1ncc(N2CCCC(CC(=O)NC3CCCCC3)C2)cc1=O. The van der Waals surface area contributed by atoms with Crippen LogP contribution in [0, 0.1) is 5.92 Å². The zero-order valence-electron chi connectivity index (χ0n) is 14.5. The highest BCUT2D eigenvalue weighted by Crippen LogP contribution is 2.24. The van der Waals surface area contributed by atoms with Crippen molar-refractivity contribution in [2.75, 3.05) is 18.0 Å². The molecular formula is C18H28N4O2. The number of piperidine rings is 1. The molecule has 0 bridgehead atoms. The molecule has 3 rings (SSSR count). The third-order valence-electron chi connectivity index (χ3n) is 5.28. The van der Waals surface area contributed by atoms with E-state index in [-0.39, 0.29) is 11.5 Å². The van der Waals surface area contributed by atoms with Crippen molar-refractivity contribution in [1.82, 2.24) is 15.1 Å². The monoisotopic (exact) mass is 332 g/mol. The van der Waals surface area contributed by atoms with Crippen molar-refractivity contribution in [2.24, 2.45) is 13.0 Å². The number of aryl methyl sites for hydroxylation is 1. The van der Waals surface area contributed by atoms with Crippen LogP contribution in [0.3, 0.4) is 0 Å². The fourth-order valence-corrected chi connectivity index (χ4v) is 3.89. The molecule has 132 valence electrons. The van der Waals surface area contributed by atoms with Crippen LogP contribution in [0.1, 0.15) is 51.4 Å². The zero-order valence-corrected chi connectivity index (χ0v) is 14.5. The summed E-state index contributed by atoms with van der Waals surface area (Å²) in [5.41, 5.74) is 0.778. The van der Waals surface area contributed by atoms with Crippen LogP contribution < -0.4 is 15.8 Å². The minimum absolute atomic E-state index is 0.0929. The van der Waals surface area contributed by atoms with Gasteiger partial charge in [0.25, 0.3) is 5.56 Å². The summed E-state index contributed by atoms with van der Waals surface area (Å²) in [5, 5.41) is 7.31. The molecule has 1 unspecified atom stereocenters. The molecule has 1 saturated carbocycles. The Morgan fingerprint density at radius 3 is 2.79 bits per heavy atom. The van der Waals surface area contributed by atoms with Gasteiger partial charge in [-0.1, -0.05) is 19.3 Å². The average Bonchev–Trinajstić information content (AvgIpc) is 2.58. The van der Waals surface area contributed by atoms with E-state index >= 15 is 0 Å².